The van der Waals surface area contributed by atoms with Crippen LogP contribution in [0.25, 0.3) is 0 Å². The van der Waals surface area contributed by atoms with E-state index >= 15 is 0 Å². The Labute approximate surface area is 112 Å². The van der Waals surface area contributed by atoms with Crippen molar-refractivity contribution in [3.8, 4) is 0 Å². The van der Waals surface area contributed by atoms with Gasteiger partial charge in [-0.1, -0.05) is 11.3 Å². The van der Waals surface area contributed by atoms with Crippen LogP contribution in [0.4, 0.5) is 5.00 Å². The Morgan fingerprint density at radius 1 is 1.47 bits per heavy atom. The van der Waals surface area contributed by atoms with E-state index in [-0.39, 0.29) is 10.6 Å². The maximum absolute atomic E-state index is 12.2. The summed E-state index contributed by atoms with van der Waals surface area (Å²) in [5, 5.41) is 21.0. The highest BCUT2D eigenvalue weighted by Gasteiger charge is 2.33. The molecular weight excluding hydrogens is 272 g/mol. The van der Waals surface area contributed by atoms with Crippen molar-refractivity contribution in [1.29, 1.82) is 0 Å². The summed E-state index contributed by atoms with van der Waals surface area (Å²) in [4.78, 5) is 34.6. The maximum atomic E-state index is 12.2. The summed E-state index contributed by atoms with van der Waals surface area (Å²) in [6.45, 7) is 0.374. The minimum Gasteiger partial charge on any atom is -0.480 e. The summed E-state index contributed by atoms with van der Waals surface area (Å²) in [6.07, 6.45) is 1.94. The number of thiophene rings is 1. The van der Waals surface area contributed by atoms with Gasteiger partial charge in [-0.25, -0.2) is 4.79 Å². The molecule has 0 saturated carbocycles. The van der Waals surface area contributed by atoms with Crippen LogP contribution in [0.3, 0.4) is 0 Å². The van der Waals surface area contributed by atoms with E-state index in [0.717, 1.165) is 24.2 Å². The highest BCUT2D eigenvalue weighted by Crippen LogP contribution is 2.26. The van der Waals surface area contributed by atoms with Crippen molar-refractivity contribution in [2.45, 2.75) is 25.3 Å². The van der Waals surface area contributed by atoms with Crippen molar-refractivity contribution in [2.75, 3.05) is 6.54 Å². The number of hydrogen-bond donors (Lipinski definition) is 1. The van der Waals surface area contributed by atoms with Gasteiger partial charge in [0.2, 0.25) is 0 Å². The predicted molar refractivity (Wildman–Crippen MR) is 67.3 cm³/mol. The van der Waals surface area contributed by atoms with E-state index in [9.17, 15) is 19.7 Å². The molecule has 1 atom stereocenters. The van der Waals surface area contributed by atoms with Gasteiger partial charge < -0.3 is 10.0 Å². The topological polar surface area (TPSA) is 101 Å². The molecule has 0 bridgehead atoms. The Morgan fingerprint density at radius 3 is 2.79 bits per heavy atom. The van der Waals surface area contributed by atoms with Gasteiger partial charge in [0.1, 0.15) is 6.04 Å². The summed E-state index contributed by atoms with van der Waals surface area (Å²) in [7, 11) is 0. The predicted octanol–water partition coefficient (Wildman–Crippen LogP) is 1.74. The van der Waals surface area contributed by atoms with Gasteiger partial charge in [-0.15, -0.1) is 0 Å². The van der Waals surface area contributed by atoms with Gasteiger partial charge in [-0.2, -0.15) is 0 Å². The summed E-state index contributed by atoms with van der Waals surface area (Å²) in [6, 6.07) is 0.362. The van der Waals surface area contributed by atoms with E-state index in [0.29, 0.717) is 13.0 Å². The number of amides is 1. The summed E-state index contributed by atoms with van der Waals surface area (Å²) < 4.78 is 0. The maximum Gasteiger partial charge on any atom is 0.326 e. The van der Waals surface area contributed by atoms with Crippen LogP contribution in [0.5, 0.6) is 0 Å². The van der Waals surface area contributed by atoms with Crippen LogP contribution in [0.2, 0.25) is 0 Å². The molecule has 0 radical (unpaired) electrons. The van der Waals surface area contributed by atoms with Gasteiger partial charge in [-0.3, -0.25) is 14.9 Å². The van der Waals surface area contributed by atoms with Crippen LogP contribution < -0.4 is 0 Å². The lowest BCUT2D eigenvalue weighted by atomic mass is 10.0. The van der Waals surface area contributed by atoms with E-state index in [4.69, 9.17) is 5.11 Å². The quantitative estimate of drug-likeness (QED) is 0.673. The lowest BCUT2D eigenvalue weighted by Crippen LogP contribution is -2.47. The third-order valence-corrected chi connectivity index (χ3v) is 3.94. The SMILES string of the molecule is O=C(O)[C@H]1CCCCN1C(=O)c1csc([N+](=O)[O-])c1. The standard InChI is InChI=1S/C11H12N2O5S/c14-10(7-5-9(13(17)18)19-6-7)12-4-2-1-3-8(12)11(15)16/h5-6,8H,1-4H2,(H,15,16)/t8-/m1/s1. The van der Waals surface area contributed by atoms with Crippen LogP contribution in [-0.2, 0) is 4.79 Å². The smallest absolute Gasteiger partial charge is 0.326 e. The van der Waals surface area contributed by atoms with Gasteiger partial charge in [0.15, 0.2) is 0 Å². The third kappa shape index (κ3) is 2.73. The molecule has 19 heavy (non-hydrogen) atoms. The number of piperidine rings is 1. The first kappa shape index (κ1) is 13.5. The molecule has 102 valence electrons. The zero-order valence-electron chi connectivity index (χ0n) is 9.94. The number of carbonyl (C=O) groups is 2. The molecule has 1 N–H and O–H groups in total. The van der Waals surface area contributed by atoms with Crippen molar-refractivity contribution < 1.29 is 19.6 Å². The normalized spacial score (nSPS) is 19.2. The molecule has 1 fully saturated rings. The molecule has 1 aliphatic heterocycles. The van der Waals surface area contributed by atoms with Crippen LogP contribution >= 0.6 is 11.3 Å². The van der Waals surface area contributed by atoms with E-state index < -0.39 is 22.8 Å². The van der Waals surface area contributed by atoms with E-state index in [1.165, 1.54) is 16.3 Å². The van der Waals surface area contributed by atoms with Crippen molar-refractivity contribution in [3.63, 3.8) is 0 Å². The molecule has 0 spiro atoms. The first-order valence-corrected chi connectivity index (χ1v) is 6.65. The molecule has 1 aromatic heterocycles. The molecule has 2 heterocycles. The number of nitrogens with zero attached hydrogens (tertiary/aromatic N) is 2. The van der Waals surface area contributed by atoms with E-state index in [2.05, 4.69) is 0 Å². The largest absolute Gasteiger partial charge is 0.480 e. The molecule has 1 aromatic rings. The summed E-state index contributed by atoms with van der Waals surface area (Å²) >= 11 is 0.866. The minimum atomic E-state index is -1.03. The lowest BCUT2D eigenvalue weighted by Gasteiger charge is -2.32. The van der Waals surface area contributed by atoms with Crippen molar-refractivity contribution in [2.24, 2.45) is 0 Å². The van der Waals surface area contributed by atoms with Crippen molar-refractivity contribution >= 4 is 28.2 Å². The Kier molecular flexibility index (Phi) is 3.79. The molecule has 2 rings (SSSR count). The third-order valence-electron chi connectivity index (χ3n) is 3.06. The second-order valence-electron chi connectivity index (χ2n) is 4.28. The average Bonchev–Trinajstić information content (AvgIpc) is 2.87. The zero-order valence-corrected chi connectivity index (χ0v) is 10.8. The monoisotopic (exact) mass is 284 g/mol. The number of carbonyl (C=O) groups excluding carboxylic acids is 1. The Balaban J connectivity index is 2.21. The van der Waals surface area contributed by atoms with Crippen molar-refractivity contribution in [1.82, 2.24) is 4.90 Å². The lowest BCUT2D eigenvalue weighted by molar-refractivity contribution is -0.380. The summed E-state index contributed by atoms with van der Waals surface area (Å²) in [5.41, 5.74) is 0.185. The summed E-state index contributed by atoms with van der Waals surface area (Å²) in [5.74, 6) is -1.48. The molecule has 0 aromatic carbocycles. The molecular formula is C11H12N2O5S. The fraction of sp³-hybridized carbons (Fsp3) is 0.455. The number of nitro groups is 1. The second kappa shape index (κ2) is 5.35. The van der Waals surface area contributed by atoms with Crippen molar-refractivity contribution in [3.05, 3.63) is 27.1 Å². The molecule has 1 aliphatic rings. The van der Waals surface area contributed by atoms with Crippen LogP contribution in [0.15, 0.2) is 11.4 Å². The van der Waals surface area contributed by atoms with Gasteiger partial charge in [0.25, 0.3) is 5.91 Å². The number of carboxylic acids is 1. The van der Waals surface area contributed by atoms with Gasteiger partial charge in [0.05, 0.1) is 10.5 Å². The van der Waals surface area contributed by atoms with E-state index in [1.54, 1.807) is 0 Å². The molecule has 8 heteroatoms. The minimum absolute atomic E-state index is 0.118. The van der Waals surface area contributed by atoms with Gasteiger partial charge in [0, 0.05) is 18.0 Å². The number of likely N-dealkylation sites (tertiary alicyclic amines) is 1. The van der Waals surface area contributed by atoms with Gasteiger partial charge >= 0.3 is 11.0 Å². The zero-order chi connectivity index (χ0) is 14.0. The first-order chi connectivity index (χ1) is 9.00. The molecule has 1 amide bonds. The number of hydrogen-bond acceptors (Lipinski definition) is 5. The fourth-order valence-electron chi connectivity index (χ4n) is 2.13. The molecule has 1 saturated heterocycles. The van der Waals surface area contributed by atoms with E-state index in [1.807, 2.05) is 0 Å². The second-order valence-corrected chi connectivity index (χ2v) is 5.17. The Hall–Kier alpha value is -1.96. The highest BCUT2D eigenvalue weighted by molar-refractivity contribution is 7.13. The fourth-order valence-corrected chi connectivity index (χ4v) is 2.83. The molecule has 0 aliphatic carbocycles. The van der Waals surface area contributed by atoms with Gasteiger partial charge in [-0.05, 0) is 19.3 Å². The van der Waals surface area contributed by atoms with Crippen LogP contribution in [-0.4, -0.2) is 39.4 Å². The average molecular weight is 284 g/mol. The number of rotatable bonds is 3. The molecule has 7 nitrogen and oxygen atoms in total. The Bertz CT molecular complexity index is 527. The number of carboxylic acid groups (broad SMARTS) is 1. The molecule has 0 unspecified atom stereocenters. The highest BCUT2D eigenvalue weighted by atomic mass is 32.1. The first-order valence-electron chi connectivity index (χ1n) is 5.77. The van der Waals surface area contributed by atoms with Crippen LogP contribution in [0, 0.1) is 10.1 Å². The Morgan fingerprint density at radius 2 is 2.21 bits per heavy atom. The van der Waals surface area contributed by atoms with Crippen LogP contribution in [0.1, 0.15) is 29.6 Å². The number of aliphatic carboxylic acids is 1.